The zero-order chi connectivity index (χ0) is 20.7. The second-order valence-corrected chi connectivity index (χ2v) is 8.91. The molecule has 2 saturated heterocycles. The number of hydrogen-bond acceptors (Lipinski definition) is 6. The molecule has 1 amide bonds. The maximum absolute atomic E-state index is 12.6. The van der Waals surface area contributed by atoms with Gasteiger partial charge in [0.15, 0.2) is 0 Å². The first kappa shape index (κ1) is 18.0. The average molecular weight is 406 g/mol. The number of nitrogens with one attached hydrogen (secondary N) is 2. The molecule has 2 fully saturated rings. The monoisotopic (exact) mass is 406 g/mol. The summed E-state index contributed by atoms with van der Waals surface area (Å²) in [6.45, 7) is 1.46. The fourth-order valence-electron chi connectivity index (χ4n) is 6.26. The molecular weight excluding hydrogens is 380 g/mol. The normalized spacial score (nSPS) is 33.4. The molecule has 4 unspecified atom stereocenters. The maximum atomic E-state index is 12.6. The van der Waals surface area contributed by atoms with Crippen molar-refractivity contribution in [1.82, 2.24) is 9.80 Å². The van der Waals surface area contributed by atoms with Crippen LogP contribution in [0.5, 0.6) is 0 Å². The first-order valence-corrected chi connectivity index (χ1v) is 10.5. The molecule has 2 aromatic carbocycles. The van der Waals surface area contributed by atoms with E-state index in [0.29, 0.717) is 13.0 Å². The fraction of sp³-hybridized carbons (Fsp3) is 0.435. The second kappa shape index (κ2) is 5.89. The van der Waals surface area contributed by atoms with Crippen LogP contribution in [0.15, 0.2) is 42.5 Å². The summed E-state index contributed by atoms with van der Waals surface area (Å²) >= 11 is 0. The number of nitrogens with zero attached hydrogens (tertiary/aromatic N) is 2. The van der Waals surface area contributed by atoms with Gasteiger partial charge in [0.1, 0.15) is 17.9 Å². The Morgan fingerprint density at radius 2 is 1.80 bits per heavy atom. The number of carbonyl (C=O) groups excluding carboxylic acids is 1. The number of amides is 1. The molecule has 0 bridgehead atoms. The van der Waals surface area contributed by atoms with Crippen LogP contribution in [0, 0.1) is 0 Å². The van der Waals surface area contributed by atoms with Gasteiger partial charge in [-0.15, -0.1) is 0 Å². The first-order valence-electron chi connectivity index (χ1n) is 10.5. The molecule has 2 aromatic rings. The van der Waals surface area contributed by atoms with E-state index in [-0.39, 0.29) is 18.4 Å². The van der Waals surface area contributed by atoms with Gasteiger partial charge in [0.2, 0.25) is 0 Å². The third-order valence-electron chi connectivity index (χ3n) is 7.67. The minimum Gasteiger partial charge on any atom is -0.453 e. The minimum atomic E-state index is -0.890. The Bertz CT molecular complexity index is 1060. The standard InChI is InChI=1S/C23H26N4O3/c1-26-12-11-23(29)16-8-5-7-15(18(16)25-20(23)26)22-10-13-27(21(28)30-2)19(22)24-17-9-4-3-6-14(17)22/h3-9,19-20,24-25,29H,10-13H2,1-2H3. The summed E-state index contributed by atoms with van der Waals surface area (Å²) < 4.78 is 5.09. The highest BCUT2D eigenvalue weighted by Gasteiger charge is 2.60. The quantitative estimate of drug-likeness (QED) is 0.676. The van der Waals surface area contributed by atoms with E-state index in [1.54, 1.807) is 4.90 Å². The third-order valence-corrected chi connectivity index (χ3v) is 7.67. The second-order valence-electron chi connectivity index (χ2n) is 8.91. The molecule has 3 N–H and O–H groups in total. The van der Waals surface area contributed by atoms with Crippen LogP contribution in [-0.2, 0) is 15.8 Å². The average Bonchev–Trinajstić information content (AvgIpc) is 3.45. The number of hydrogen-bond donors (Lipinski definition) is 3. The van der Waals surface area contributed by atoms with E-state index >= 15 is 0 Å². The van der Waals surface area contributed by atoms with E-state index in [1.807, 2.05) is 25.2 Å². The zero-order valence-electron chi connectivity index (χ0n) is 17.2. The van der Waals surface area contributed by atoms with Crippen LogP contribution in [0.4, 0.5) is 16.2 Å². The largest absolute Gasteiger partial charge is 0.453 e. The molecule has 0 aromatic heterocycles. The SMILES string of the molecule is COC(=O)N1CCC2(c3cccc4c3NC3N(C)CCC43O)c3ccccc3NC12. The van der Waals surface area contributed by atoms with Gasteiger partial charge in [0.05, 0.1) is 12.5 Å². The van der Waals surface area contributed by atoms with Crippen LogP contribution in [0.2, 0.25) is 0 Å². The van der Waals surface area contributed by atoms with Gasteiger partial charge in [0, 0.05) is 30.0 Å². The number of ether oxygens (including phenoxy) is 1. The van der Waals surface area contributed by atoms with Gasteiger partial charge >= 0.3 is 6.09 Å². The van der Waals surface area contributed by atoms with Crippen molar-refractivity contribution in [3.63, 3.8) is 0 Å². The van der Waals surface area contributed by atoms with Crippen molar-refractivity contribution in [1.29, 1.82) is 0 Å². The lowest BCUT2D eigenvalue weighted by Gasteiger charge is -2.34. The van der Waals surface area contributed by atoms with Crippen LogP contribution >= 0.6 is 0 Å². The van der Waals surface area contributed by atoms with Crippen molar-refractivity contribution >= 4 is 17.5 Å². The lowest BCUT2D eigenvalue weighted by atomic mass is 9.72. The highest BCUT2D eigenvalue weighted by atomic mass is 16.5. The first-order chi connectivity index (χ1) is 14.5. The summed E-state index contributed by atoms with van der Waals surface area (Å²) in [4.78, 5) is 16.5. The summed E-state index contributed by atoms with van der Waals surface area (Å²) in [5, 5.41) is 18.8. The summed E-state index contributed by atoms with van der Waals surface area (Å²) in [5.74, 6) is 0. The molecule has 7 nitrogen and oxygen atoms in total. The Morgan fingerprint density at radius 1 is 1.03 bits per heavy atom. The van der Waals surface area contributed by atoms with Crippen molar-refractivity contribution in [3.05, 3.63) is 59.2 Å². The summed E-state index contributed by atoms with van der Waals surface area (Å²) in [6, 6.07) is 14.5. The summed E-state index contributed by atoms with van der Waals surface area (Å²) in [7, 11) is 3.47. The molecular formula is C23H26N4O3. The lowest BCUT2D eigenvalue weighted by Crippen LogP contribution is -2.47. The number of carbonyl (C=O) groups is 1. The Labute approximate surface area is 175 Å². The number of rotatable bonds is 1. The van der Waals surface area contributed by atoms with Crippen LogP contribution < -0.4 is 10.6 Å². The fourth-order valence-corrected chi connectivity index (χ4v) is 6.26. The number of fused-ring (bicyclic) bond motifs is 6. The number of benzene rings is 2. The van der Waals surface area contributed by atoms with Crippen molar-refractivity contribution in [2.75, 3.05) is 37.9 Å². The van der Waals surface area contributed by atoms with E-state index in [1.165, 1.54) is 12.7 Å². The van der Waals surface area contributed by atoms with Crippen molar-refractivity contribution in [2.45, 2.75) is 36.2 Å². The number of aliphatic hydroxyl groups is 1. The van der Waals surface area contributed by atoms with Gasteiger partial charge in [0.25, 0.3) is 0 Å². The summed E-state index contributed by atoms with van der Waals surface area (Å²) in [5.41, 5.74) is 4.03. The highest BCUT2D eigenvalue weighted by Crippen LogP contribution is 2.57. The Hall–Kier alpha value is -2.77. The number of anilines is 2. The number of likely N-dealkylation sites (tertiary alicyclic amines) is 2. The number of methoxy groups -OCH3 is 1. The van der Waals surface area contributed by atoms with Gasteiger partial charge in [-0.25, -0.2) is 4.79 Å². The summed E-state index contributed by atoms with van der Waals surface area (Å²) in [6.07, 6.45) is 0.804. The van der Waals surface area contributed by atoms with Crippen molar-refractivity contribution in [3.8, 4) is 0 Å². The van der Waals surface area contributed by atoms with Crippen LogP contribution in [0.3, 0.4) is 0 Å². The Balaban J connectivity index is 1.56. The molecule has 4 atom stereocenters. The van der Waals surface area contributed by atoms with Gasteiger partial charge in [-0.3, -0.25) is 9.80 Å². The van der Waals surface area contributed by atoms with Gasteiger partial charge in [-0.2, -0.15) is 0 Å². The van der Waals surface area contributed by atoms with Crippen LogP contribution in [0.25, 0.3) is 0 Å². The van der Waals surface area contributed by atoms with E-state index in [2.05, 4.69) is 39.8 Å². The molecule has 4 heterocycles. The molecule has 0 spiro atoms. The lowest BCUT2D eigenvalue weighted by molar-refractivity contribution is 0.0241. The third kappa shape index (κ3) is 1.99. The smallest absolute Gasteiger partial charge is 0.411 e. The molecule has 0 aliphatic carbocycles. The Kier molecular flexibility index (Phi) is 3.54. The van der Waals surface area contributed by atoms with E-state index in [9.17, 15) is 9.90 Å². The van der Waals surface area contributed by atoms with Gasteiger partial charge < -0.3 is 20.5 Å². The van der Waals surface area contributed by atoms with E-state index in [0.717, 1.165) is 35.5 Å². The van der Waals surface area contributed by atoms with Crippen LogP contribution in [0.1, 0.15) is 29.5 Å². The predicted octanol–water partition coefficient (Wildman–Crippen LogP) is 2.47. The highest BCUT2D eigenvalue weighted by molar-refractivity contribution is 5.78. The molecule has 4 aliphatic rings. The topological polar surface area (TPSA) is 77.1 Å². The molecule has 6 rings (SSSR count). The molecule has 4 aliphatic heterocycles. The zero-order valence-corrected chi connectivity index (χ0v) is 17.2. The maximum Gasteiger partial charge on any atom is 0.411 e. The molecule has 0 radical (unpaired) electrons. The van der Waals surface area contributed by atoms with Gasteiger partial charge in [-0.1, -0.05) is 36.4 Å². The van der Waals surface area contributed by atoms with E-state index in [4.69, 9.17) is 4.74 Å². The predicted molar refractivity (Wildman–Crippen MR) is 113 cm³/mol. The van der Waals surface area contributed by atoms with Crippen molar-refractivity contribution < 1.29 is 14.6 Å². The number of para-hydroxylation sites is 2. The minimum absolute atomic E-state index is 0.133. The molecule has 7 heteroatoms. The van der Waals surface area contributed by atoms with Crippen molar-refractivity contribution in [2.24, 2.45) is 0 Å². The van der Waals surface area contributed by atoms with E-state index < -0.39 is 11.0 Å². The van der Waals surface area contributed by atoms with Gasteiger partial charge in [-0.05, 0) is 37.1 Å². The molecule has 0 saturated carbocycles. The molecule has 156 valence electrons. The number of likely N-dealkylation sites (N-methyl/N-ethyl adjacent to an activating group) is 1. The Morgan fingerprint density at radius 3 is 2.63 bits per heavy atom. The van der Waals surface area contributed by atoms with Crippen LogP contribution in [-0.4, -0.2) is 60.6 Å². The molecule has 30 heavy (non-hydrogen) atoms.